The molecule has 0 saturated carbocycles. The zero-order valence-corrected chi connectivity index (χ0v) is 18.6. The number of hydrogen-bond acceptors (Lipinski definition) is 5. The number of carbonyl (C=O) groups excluding carboxylic acids is 2. The third kappa shape index (κ3) is 8.10. The highest BCUT2D eigenvalue weighted by atomic mass is 16.5. The topological polar surface area (TPSA) is 77.0 Å². The molecule has 0 fully saturated rings. The maximum atomic E-state index is 11.9. The van der Waals surface area contributed by atoms with Gasteiger partial charge in [-0.3, -0.25) is 4.79 Å². The highest BCUT2D eigenvalue weighted by molar-refractivity contribution is 5.89. The van der Waals surface area contributed by atoms with Gasteiger partial charge in [-0.05, 0) is 65.1 Å². The van der Waals surface area contributed by atoms with E-state index in [0.717, 1.165) is 11.1 Å². The molecule has 0 aliphatic heterocycles. The van der Waals surface area contributed by atoms with Crippen molar-refractivity contribution in [1.82, 2.24) is 5.43 Å². The summed E-state index contributed by atoms with van der Waals surface area (Å²) in [7, 11) is 0. The maximum Gasteiger partial charge on any atom is 0.336 e. The first-order valence-electron chi connectivity index (χ1n) is 10.6. The van der Waals surface area contributed by atoms with Crippen LogP contribution < -0.4 is 14.9 Å². The molecule has 0 saturated heterocycles. The number of hydrogen-bond donors (Lipinski definition) is 1. The lowest BCUT2D eigenvalue weighted by molar-refractivity contribution is -0.129. The molecule has 0 bridgehead atoms. The van der Waals surface area contributed by atoms with Crippen molar-refractivity contribution in [3.63, 3.8) is 0 Å². The zero-order chi connectivity index (χ0) is 23.5. The molecule has 3 aromatic rings. The maximum absolute atomic E-state index is 11.9. The summed E-state index contributed by atoms with van der Waals surface area (Å²) >= 11 is 0. The van der Waals surface area contributed by atoms with E-state index in [9.17, 15) is 9.59 Å². The summed E-state index contributed by atoms with van der Waals surface area (Å²) in [6.07, 6.45) is 4.56. The van der Waals surface area contributed by atoms with Crippen LogP contribution in [0.1, 0.15) is 36.5 Å². The Morgan fingerprint density at radius 3 is 2.21 bits per heavy atom. The highest BCUT2D eigenvalue weighted by Crippen LogP contribution is 2.18. The van der Waals surface area contributed by atoms with Crippen LogP contribution in [-0.2, 0) is 9.59 Å². The van der Waals surface area contributed by atoms with Gasteiger partial charge in [0, 0.05) is 6.08 Å². The lowest BCUT2D eigenvalue weighted by atomic mass is 10.0. The molecule has 33 heavy (non-hydrogen) atoms. The minimum atomic E-state index is -0.466. The van der Waals surface area contributed by atoms with Crippen LogP contribution in [0.25, 0.3) is 6.08 Å². The van der Waals surface area contributed by atoms with Gasteiger partial charge in [0.05, 0.1) is 6.21 Å². The Labute approximate surface area is 193 Å². The summed E-state index contributed by atoms with van der Waals surface area (Å²) in [5.41, 5.74) is 5.28. The van der Waals surface area contributed by atoms with E-state index in [-0.39, 0.29) is 12.5 Å². The highest BCUT2D eigenvalue weighted by Gasteiger charge is 2.04. The van der Waals surface area contributed by atoms with Gasteiger partial charge in [0.2, 0.25) is 0 Å². The summed E-state index contributed by atoms with van der Waals surface area (Å²) in [6, 6.07) is 23.9. The van der Waals surface area contributed by atoms with Gasteiger partial charge >= 0.3 is 5.97 Å². The monoisotopic (exact) mass is 442 g/mol. The van der Waals surface area contributed by atoms with E-state index in [4.69, 9.17) is 9.47 Å². The van der Waals surface area contributed by atoms with Gasteiger partial charge in [0.15, 0.2) is 6.61 Å². The fourth-order valence-corrected chi connectivity index (χ4v) is 2.81. The van der Waals surface area contributed by atoms with Crippen molar-refractivity contribution < 1.29 is 19.1 Å². The van der Waals surface area contributed by atoms with E-state index in [1.165, 1.54) is 17.9 Å². The van der Waals surface area contributed by atoms with E-state index in [0.29, 0.717) is 17.4 Å². The van der Waals surface area contributed by atoms with Crippen LogP contribution >= 0.6 is 0 Å². The molecule has 0 radical (unpaired) electrons. The summed E-state index contributed by atoms with van der Waals surface area (Å²) < 4.78 is 10.7. The summed E-state index contributed by atoms with van der Waals surface area (Å²) in [6.45, 7) is 4.10. The zero-order valence-electron chi connectivity index (χ0n) is 18.6. The van der Waals surface area contributed by atoms with Crippen molar-refractivity contribution in [2.45, 2.75) is 19.8 Å². The first-order chi connectivity index (χ1) is 16.0. The minimum absolute atomic E-state index is 0.135. The fraction of sp³-hybridized carbons (Fsp3) is 0.148. The predicted octanol–water partition coefficient (Wildman–Crippen LogP) is 4.96. The lowest BCUT2D eigenvalue weighted by Gasteiger charge is -2.08. The second kappa shape index (κ2) is 12.0. The molecule has 1 N–H and O–H groups in total. The molecule has 6 nitrogen and oxygen atoms in total. The van der Waals surface area contributed by atoms with E-state index in [1.54, 1.807) is 30.3 Å². The van der Waals surface area contributed by atoms with E-state index < -0.39 is 5.97 Å². The number of benzene rings is 3. The molecule has 0 atom stereocenters. The second-order valence-electron chi connectivity index (χ2n) is 7.54. The number of rotatable bonds is 9. The first-order valence-corrected chi connectivity index (χ1v) is 10.6. The van der Waals surface area contributed by atoms with Gasteiger partial charge in [-0.15, -0.1) is 0 Å². The first kappa shape index (κ1) is 23.5. The van der Waals surface area contributed by atoms with Gasteiger partial charge in [0.1, 0.15) is 11.5 Å². The molecule has 1 amide bonds. The van der Waals surface area contributed by atoms with Crippen LogP contribution in [0, 0.1) is 0 Å². The van der Waals surface area contributed by atoms with Gasteiger partial charge in [0.25, 0.3) is 5.91 Å². The summed E-state index contributed by atoms with van der Waals surface area (Å²) in [5, 5.41) is 3.92. The molecule has 0 aliphatic carbocycles. The lowest BCUT2D eigenvalue weighted by Crippen LogP contribution is -2.24. The summed E-state index contributed by atoms with van der Waals surface area (Å²) in [4.78, 5) is 23.8. The second-order valence-corrected chi connectivity index (χ2v) is 7.54. The molecule has 3 rings (SSSR count). The largest absolute Gasteiger partial charge is 0.484 e. The van der Waals surface area contributed by atoms with Crippen molar-refractivity contribution in [2.75, 3.05) is 6.61 Å². The Balaban J connectivity index is 1.41. The molecular formula is C27H26N2O4. The van der Waals surface area contributed by atoms with Gasteiger partial charge in [-0.2, -0.15) is 5.10 Å². The molecule has 0 heterocycles. The van der Waals surface area contributed by atoms with Crippen molar-refractivity contribution in [3.05, 3.63) is 102 Å². The van der Waals surface area contributed by atoms with Crippen LogP contribution in [0.2, 0.25) is 0 Å². The van der Waals surface area contributed by atoms with E-state index in [2.05, 4.69) is 24.4 Å². The Bertz CT molecular complexity index is 1100. The fourth-order valence-electron chi connectivity index (χ4n) is 2.81. The smallest absolute Gasteiger partial charge is 0.336 e. The van der Waals surface area contributed by atoms with E-state index in [1.807, 2.05) is 54.6 Å². The number of amides is 1. The predicted molar refractivity (Wildman–Crippen MR) is 129 cm³/mol. The van der Waals surface area contributed by atoms with Crippen molar-refractivity contribution >= 4 is 24.2 Å². The number of nitrogens with one attached hydrogen (secondary N) is 1. The molecule has 0 aliphatic rings. The standard InChI is InChI=1S/C27H26N2O4/c1-20(2)23-11-15-24(16-12-23)32-19-26(30)29-28-18-22-8-13-25(14-9-22)33-27(31)17-10-21-6-4-3-5-7-21/h3-18,20H,19H2,1-2H3,(H,29,30)/b17-10+,28-18-. The van der Waals surface area contributed by atoms with Crippen LogP contribution in [0.4, 0.5) is 0 Å². The molecule has 168 valence electrons. The Morgan fingerprint density at radius 2 is 1.55 bits per heavy atom. The van der Waals surface area contributed by atoms with Gasteiger partial charge in [-0.25, -0.2) is 10.2 Å². The van der Waals surface area contributed by atoms with Gasteiger partial charge in [-0.1, -0.05) is 56.3 Å². The SMILES string of the molecule is CC(C)c1ccc(OCC(=O)N/N=C\c2ccc(OC(=O)/C=C/c3ccccc3)cc2)cc1. The van der Waals surface area contributed by atoms with Crippen LogP contribution in [-0.4, -0.2) is 24.7 Å². The molecular weight excluding hydrogens is 416 g/mol. The molecule has 0 spiro atoms. The normalized spacial score (nSPS) is 11.1. The molecule has 3 aromatic carbocycles. The van der Waals surface area contributed by atoms with Crippen molar-refractivity contribution in [3.8, 4) is 11.5 Å². The number of ether oxygens (including phenoxy) is 2. The Hall–Kier alpha value is -4.19. The number of esters is 1. The number of hydrazone groups is 1. The Morgan fingerprint density at radius 1 is 0.879 bits per heavy atom. The molecule has 0 aromatic heterocycles. The third-order valence-electron chi connectivity index (χ3n) is 4.63. The van der Waals surface area contributed by atoms with Crippen LogP contribution in [0.5, 0.6) is 11.5 Å². The Kier molecular flexibility index (Phi) is 8.54. The van der Waals surface area contributed by atoms with Crippen molar-refractivity contribution in [2.24, 2.45) is 5.10 Å². The van der Waals surface area contributed by atoms with Gasteiger partial charge < -0.3 is 9.47 Å². The van der Waals surface area contributed by atoms with Crippen LogP contribution in [0.3, 0.4) is 0 Å². The quantitative estimate of drug-likeness (QED) is 0.167. The van der Waals surface area contributed by atoms with Crippen molar-refractivity contribution in [1.29, 1.82) is 0 Å². The average Bonchev–Trinajstić information content (AvgIpc) is 2.83. The summed E-state index contributed by atoms with van der Waals surface area (Å²) in [5.74, 6) is 0.647. The average molecular weight is 443 g/mol. The van der Waals surface area contributed by atoms with E-state index >= 15 is 0 Å². The molecule has 0 unspecified atom stereocenters. The third-order valence-corrected chi connectivity index (χ3v) is 4.63. The number of carbonyl (C=O) groups is 2. The number of nitrogens with zero attached hydrogens (tertiary/aromatic N) is 1. The van der Waals surface area contributed by atoms with Crippen LogP contribution in [0.15, 0.2) is 90.0 Å². The minimum Gasteiger partial charge on any atom is -0.484 e. The molecule has 6 heteroatoms.